The number of hydrazine groups is 1. The summed E-state index contributed by atoms with van der Waals surface area (Å²) in [4.78, 5) is 0. The lowest BCUT2D eigenvalue weighted by atomic mass is 10.1. The van der Waals surface area contributed by atoms with Crippen LogP contribution in [0, 0.1) is 0 Å². The van der Waals surface area contributed by atoms with Crippen molar-refractivity contribution >= 4 is 0 Å². The van der Waals surface area contributed by atoms with Crippen LogP contribution in [-0.2, 0) is 0 Å². The van der Waals surface area contributed by atoms with Crippen molar-refractivity contribution in [3.05, 3.63) is 0 Å². The highest BCUT2D eigenvalue weighted by molar-refractivity contribution is 4.88. The van der Waals surface area contributed by atoms with Crippen molar-refractivity contribution in [1.29, 1.82) is 0 Å². The molecule has 3 nitrogen and oxygen atoms in total. The van der Waals surface area contributed by atoms with E-state index in [1.165, 1.54) is 12.8 Å². The van der Waals surface area contributed by atoms with E-state index in [0.717, 1.165) is 12.8 Å². The zero-order valence-electron chi connectivity index (χ0n) is 7.90. The lowest BCUT2D eigenvalue weighted by Crippen LogP contribution is -2.51. The summed E-state index contributed by atoms with van der Waals surface area (Å²) in [6.07, 6.45) is 4.34. The molecule has 2 aliphatic heterocycles. The van der Waals surface area contributed by atoms with Crippen LogP contribution in [0.15, 0.2) is 0 Å². The molecule has 1 saturated carbocycles. The molecule has 1 N–H and O–H groups in total. The summed E-state index contributed by atoms with van der Waals surface area (Å²) in [6, 6.07) is 1.15. The molecule has 0 amide bonds. The summed E-state index contributed by atoms with van der Waals surface area (Å²) in [7, 11) is 4.27. The zero-order chi connectivity index (χ0) is 8.72. The third-order valence-corrected chi connectivity index (χ3v) is 3.48. The highest BCUT2D eigenvalue weighted by Crippen LogP contribution is 2.31. The molecule has 2 unspecified atom stereocenters. The van der Waals surface area contributed by atoms with Gasteiger partial charge in [0.1, 0.15) is 0 Å². The third-order valence-electron chi connectivity index (χ3n) is 3.48. The van der Waals surface area contributed by atoms with Gasteiger partial charge < -0.3 is 5.11 Å². The van der Waals surface area contributed by atoms with Crippen LogP contribution in [-0.4, -0.2) is 47.4 Å². The maximum atomic E-state index is 9.65. The number of fused-ring (bicyclic) bond motifs is 4. The topological polar surface area (TPSA) is 26.7 Å². The molecule has 3 aliphatic rings. The molecule has 2 bridgehead atoms. The number of aliphatic hydroxyl groups excluding tert-OH is 1. The summed E-state index contributed by atoms with van der Waals surface area (Å²) in [5.41, 5.74) is 0. The Labute approximate surface area is 73.9 Å². The largest absolute Gasteiger partial charge is 0.393 e. The van der Waals surface area contributed by atoms with Crippen molar-refractivity contribution < 1.29 is 5.11 Å². The van der Waals surface area contributed by atoms with Gasteiger partial charge in [0.05, 0.1) is 6.10 Å². The maximum Gasteiger partial charge on any atom is 0.0571 e. The maximum absolute atomic E-state index is 9.65. The summed E-state index contributed by atoms with van der Waals surface area (Å²) < 4.78 is 0. The van der Waals surface area contributed by atoms with E-state index in [1.807, 2.05) is 0 Å². The van der Waals surface area contributed by atoms with Crippen LogP contribution in [0.1, 0.15) is 25.7 Å². The summed E-state index contributed by atoms with van der Waals surface area (Å²) in [5, 5.41) is 14.2. The van der Waals surface area contributed by atoms with Crippen LogP contribution in [0.5, 0.6) is 0 Å². The Bertz CT molecular complexity index is 156. The lowest BCUT2D eigenvalue weighted by Gasteiger charge is -2.42. The fourth-order valence-corrected chi connectivity index (χ4v) is 2.54. The molecular weight excluding hydrogens is 152 g/mol. The summed E-state index contributed by atoms with van der Waals surface area (Å²) in [6.45, 7) is 0. The van der Waals surface area contributed by atoms with E-state index in [1.54, 1.807) is 0 Å². The lowest BCUT2D eigenvalue weighted by molar-refractivity contribution is -0.0738. The van der Waals surface area contributed by atoms with Gasteiger partial charge in [-0.05, 0) is 25.7 Å². The van der Waals surface area contributed by atoms with Crippen LogP contribution in [0.2, 0.25) is 0 Å². The molecule has 0 aromatic heterocycles. The molecule has 2 atom stereocenters. The summed E-state index contributed by atoms with van der Waals surface area (Å²) >= 11 is 0. The van der Waals surface area contributed by atoms with Gasteiger partial charge in [-0.15, -0.1) is 0 Å². The Kier molecular flexibility index (Phi) is 2.10. The van der Waals surface area contributed by atoms with Gasteiger partial charge in [-0.3, -0.25) is 0 Å². The predicted octanol–water partition coefficient (Wildman–Crippen LogP) is 0.451. The normalized spacial score (nSPS) is 44.8. The van der Waals surface area contributed by atoms with Gasteiger partial charge in [0.25, 0.3) is 0 Å². The average Bonchev–Trinajstić information content (AvgIpc) is 2.26. The van der Waals surface area contributed by atoms with Crippen molar-refractivity contribution in [2.45, 2.75) is 43.9 Å². The number of nitrogens with zero attached hydrogens (tertiary/aromatic N) is 2. The fourth-order valence-electron chi connectivity index (χ4n) is 2.54. The van der Waals surface area contributed by atoms with Gasteiger partial charge >= 0.3 is 0 Å². The van der Waals surface area contributed by atoms with E-state index in [4.69, 9.17) is 0 Å². The molecular formula is C9H18N2O. The second kappa shape index (κ2) is 2.98. The van der Waals surface area contributed by atoms with Crippen LogP contribution in [0.3, 0.4) is 0 Å². The first kappa shape index (κ1) is 8.48. The van der Waals surface area contributed by atoms with E-state index in [-0.39, 0.29) is 6.10 Å². The first-order chi connectivity index (χ1) is 5.68. The molecule has 0 spiro atoms. The Balaban J connectivity index is 2.17. The zero-order valence-corrected chi connectivity index (χ0v) is 7.90. The molecule has 0 aromatic rings. The van der Waals surface area contributed by atoms with E-state index in [9.17, 15) is 5.11 Å². The van der Waals surface area contributed by atoms with Crippen molar-refractivity contribution in [1.82, 2.24) is 10.0 Å². The van der Waals surface area contributed by atoms with Crippen molar-refractivity contribution in [3.8, 4) is 0 Å². The molecule has 0 aromatic carbocycles. The minimum Gasteiger partial charge on any atom is -0.393 e. The van der Waals surface area contributed by atoms with Crippen molar-refractivity contribution in [2.24, 2.45) is 0 Å². The van der Waals surface area contributed by atoms with E-state index < -0.39 is 0 Å². The molecule has 3 heteroatoms. The van der Waals surface area contributed by atoms with Gasteiger partial charge in [-0.25, -0.2) is 10.0 Å². The second-order valence-corrected chi connectivity index (χ2v) is 4.16. The quantitative estimate of drug-likeness (QED) is 0.572. The Morgan fingerprint density at radius 3 is 1.83 bits per heavy atom. The standard InChI is InChI=1S/C9H18N2O/c1-10-7-3-4-8(11(10)2)6-9(12)5-7/h7-9,12H,3-6H2,1-2H3. The molecule has 3 rings (SSSR count). The molecule has 0 radical (unpaired) electrons. The number of rotatable bonds is 0. The highest BCUT2D eigenvalue weighted by Gasteiger charge is 2.36. The van der Waals surface area contributed by atoms with Crippen LogP contribution < -0.4 is 0 Å². The Morgan fingerprint density at radius 2 is 1.42 bits per heavy atom. The van der Waals surface area contributed by atoms with E-state index >= 15 is 0 Å². The SMILES string of the molecule is CN1C2CCC(CC(O)C2)N1C. The minimum atomic E-state index is -0.0742. The smallest absolute Gasteiger partial charge is 0.0571 e. The van der Waals surface area contributed by atoms with Crippen LogP contribution in [0.4, 0.5) is 0 Å². The molecule has 70 valence electrons. The van der Waals surface area contributed by atoms with E-state index in [0.29, 0.717) is 12.1 Å². The van der Waals surface area contributed by atoms with Crippen molar-refractivity contribution in [3.63, 3.8) is 0 Å². The van der Waals surface area contributed by atoms with Gasteiger partial charge in [0, 0.05) is 26.2 Å². The monoisotopic (exact) mass is 170 g/mol. The highest BCUT2D eigenvalue weighted by atomic mass is 16.3. The molecule has 1 aliphatic carbocycles. The van der Waals surface area contributed by atoms with Gasteiger partial charge in [-0.2, -0.15) is 0 Å². The number of hydrogen-bond donors (Lipinski definition) is 1. The van der Waals surface area contributed by atoms with Crippen LogP contribution in [0.25, 0.3) is 0 Å². The summed E-state index contributed by atoms with van der Waals surface area (Å²) in [5.74, 6) is 0. The van der Waals surface area contributed by atoms with Crippen molar-refractivity contribution in [2.75, 3.05) is 14.1 Å². The first-order valence-corrected chi connectivity index (χ1v) is 4.82. The van der Waals surface area contributed by atoms with Gasteiger partial charge in [0.2, 0.25) is 0 Å². The van der Waals surface area contributed by atoms with Gasteiger partial charge in [-0.1, -0.05) is 0 Å². The van der Waals surface area contributed by atoms with E-state index in [2.05, 4.69) is 24.1 Å². The third kappa shape index (κ3) is 1.26. The number of hydrogen-bond acceptors (Lipinski definition) is 3. The second-order valence-electron chi connectivity index (χ2n) is 4.16. The molecule has 2 heterocycles. The fraction of sp³-hybridized carbons (Fsp3) is 1.00. The predicted molar refractivity (Wildman–Crippen MR) is 47.6 cm³/mol. The Hall–Kier alpha value is -0.120. The minimum absolute atomic E-state index is 0.0742. The molecule has 3 fully saturated rings. The first-order valence-electron chi connectivity index (χ1n) is 4.82. The molecule has 12 heavy (non-hydrogen) atoms. The van der Waals surface area contributed by atoms with Gasteiger partial charge in [0.15, 0.2) is 0 Å². The number of aliphatic hydroxyl groups is 1. The average molecular weight is 170 g/mol. The Morgan fingerprint density at radius 1 is 1.00 bits per heavy atom. The van der Waals surface area contributed by atoms with Crippen LogP contribution >= 0.6 is 0 Å². The molecule has 2 saturated heterocycles.